The highest BCUT2D eigenvalue weighted by Crippen LogP contribution is 2.47. The van der Waals surface area contributed by atoms with Crippen molar-refractivity contribution in [3.63, 3.8) is 0 Å². The van der Waals surface area contributed by atoms with E-state index in [4.69, 9.17) is 4.74 Å². The largest absolute Gasteiger partial charge is 0.413 e. The van der Waals surface area contributed by atoms with E-state index < -0.39 is 35.7 Å². The van der Waals surface area contributed by atoms with E-state index in [1.165, 1.54) is 31.2 Å². The van der Waals surface area contributed by atoms with E-state index in [2.05, 4.69) is 4.98 Å². The lowest BCUT2D eigenvalue weighted by Crippen LogP contribution is -2.56. The van der Waals surface area contributed by atoms with Crippen LogP contribution in [0.15, 0.2) is 35.1 Å². The Morgan fingerprint density at radius 2 is 1.87 bits per heavy atom. The molecule has 0 aliphatic carbocycles. The van der Waals surface area contributed by atoms with Crippen LogP contribution in [0.4, 0.5) is 29.3 Å². The molecule has 6 nitrogen and oxygen atoms in total. The molecule has 0 spiro atoms. The molecule has 0 amide bonds. The minimum Gasteiger partial charge on any atom is -0.378 e. The van der Waals surface area contributed by atoms with Gasteiger partial charge in [0.15, 0.2) is 5.54 Å². The molecule has 4 rings (SSSR count). The van der Waals surface area contributed by atoms with E-state index in [9.17, 15) is 22.4 Å². The summed E-state index contributed by atoms with van der Waals surface area (Å²) in [5.41, 5.74) is -2.88. The molecule has 2 aromatic rings. The van der Waals surface area contributed by atoms with Crippen molar-refractivity contribution in [3.05, 3.63) is 52.1 Å². The summed E-state index contributed by atoms with van der Waals surface area (Å²) in [5.74, 6) is -0.425. The Hall–Kier alpha value is -2.62. The van der Waals surface area contributed by atoms with Crippen molar-refractivity contribution in [3.8, 4) is 0 Å². The van der Waals surface area contributed by atoms with Crippen molar-refractivity contribution in [2.75, 3.05) is 36.1 Å². The van der Waals surface area contributed by atoms with Crippen molar-refractivity contribution in [2.45, 2.75) is 38.1 Å². The topological polar surface area (TPSA) is 50.6 Å². The van der Waals surface area contributed by atoms with Gasteiger partial charge in [-0.15, -0.1) is 0 Å². The van der Waals surface area contributed by atoms with Gasteiger partial charge in [0.05, 0.1) is 25.8 Å². The average molecular weight is 426 g/mol. The molecule has 2 atom stereocenters. The van der Waals surface area contributed by atoms with Crippen LogP contribution in [0, 0.1) is 5.82 Å². The Labute approximate surface area is 170 Å². The van der Waals surface area contributed by atoms with Crippen molar-refractivity contribution >= 4 is 11.8 Å². The fraction of sp³-hybridized carbons (Fsp3) is 0.500. The summed E-state index contributed by atoms with van der Waals surface area (Å²) < 4.78 is 63.4. The molecule has 3 heterocycles. The number of morpholine rings is 1. The molecular weight excluding hydrogens is 404 g/mol. The smallest absolute Gasteiger partial charge is 0.378 e. The molecule has 2 aliphatic rings. The van der Waals surface area contributed by atoms with Crippen LogP contribution in [-0.4, -0.2) is 47.6 Å². The molecule has 0 unspecified atom stereocenters. The predicted octanol–water partition coefficient (Wildman–Crippen LogP) is 3.12. The first-order valence-corrected chi connectivity index (χ1v) is 9.68. The minimum atomic E-state index is -4.67. The molecule has 0 radical (unpaired) electrons. The molecule has 0 N–H and O–H groups in total. The summed E-state index contributed by atoms with van der Waals surface area (Å²) >= 11 is 0. The van der Waals surface area contributed by atoms with Crippen LogP contribution >= 0.6 is 0 Å². The number of halogens is 4. The van der Waals surface area contributed by atoms with Gasteiger partial charge in [-0.2, -0.15) is 18.2 Å². The van der Waals surface area contributed by atoms with Crippen LogP contribution in [0.1, 0.15) is 25.5 Å². The Morgan fingerprint density at radius 1 is 1.20 bits per heavy atom. The number of aromatic nitrogens is 2. The standard InChI is InChI=1S/C20H22F4N4O2/c1-13(14-5-3-4-6-15(14)21)28-18-25-16(26-7-9-30-10-8-26)11-17(29)27(18)12-19(28,2)20(22,23)24/h3-6,11,13H,7-10,12H2,1-2H3/t13-,19+/m1/s1. The number of fused-ring (bicyclic) bond motifs is 1. The van der Waals surface area contributed by atoms with Gasteiger partial charge in [0.25, 0.3) is 5.56 Å². The van der Waals surface area contributed by atoms with Crippen LogP contribution in [-0.2, 0) is 11.3 Å². The predicted molar refractivity (Wildman–Crippen MR) is 103 cm³/mol. The highest BCUT2D eigenvalue weighted by atomic mass is 19.4. The number of hydrogen-bond acceptors (Lipinski definition) is 5. The van der Waals surface area contributed by atoms with Crippen molar-refractivity contribution in [1.29, 1.82) is 0 Å². The zero-order chi connectivity index (χ0) is 21.7. The summed E-state index contributed by atoms with van der Waals surface area (Å²) in [6.07, 6.45) is -4.67. The van der Waals surface area contributed by atoms with Gasteiger partial charge in [-0.1, -0.05) is 18.2 Å². The second-order valence-electron chi connectivity index (χ2n) is 7.78. The van der Waals surface area contributed by atoms with Crippen LogP contribution in [0.5, 0.6) is 0 Å². The lowest BCUT2D eigenvalue weighted by Gasteiger charge is -2.40. The summed E-state index contributed by atoms with van der Waals surface area (Å²) in [7, 11) is 0. The van der Waals surface area contributed by atoms with Gasteiger partial charge < -0.3 is 14.5 Å². The SMILES string of the molecule is C[C@H](c1ccccc1F)N1c2nc(N3CCOCC3)cc(=O)n2C[C@@]1(C)C(F)(F)F. The van der Waals surface area contributed by atoms with Crippen molar-refractivity contribution in [2.24, 2.45) is 0 Å². The van der Waals surface area contributed by atoms with Crippen LogP contribution in [0.2, 0.25) is 0 Å². The third-order valence-electron chi connectivity index (χ3n) is 5.88. The lowest BCUT2D eigenvalue weighted by molar-refractivity contribution is -0.183. The first kappa shape index (κ1) is 20.6. The van der Waals surface area contributed by atoms with Gasteiger partial charge in [-0.3, -0.25) is 9.36 Å². The van der Waals surface area contributed by atoms with Gasteiger partial charge in [0, 0.05) is 24.7 Å². The number of ether oxygens (including phenoxy) is 1. The summed E-state index contributed by atoms with van der Waals surface area (Å²) in [4.78, 5) is 20.0. The van der Waals surface area contributed by atoms with E-state index >= 15 is 0 Å². The number of anilines is 2. The number of benzene rings is 1. The fourth-order valence-electron chi connectivity index (χ4n) is 4.15. The maximum atomic E-state index is 14.4. The maximum Gasteiger partial charge on any atom is 0.413 e. The number of nitrogens with zero attached hydrogens (tertiary/aromatic N) is 4. The molecule has 0 bridgehead atoms. The maximum absolute atomic E-state index is 14.4. The van der Waals surface area contributed by atoms with Gasteiger partial charge in [-0.05, 0) is 19.9 Å². The molecule has 162 valence electrons. The number of hydrogen-bond donors (Lipinski definition) is 0. The van der Waals surface area contributed by atoms with E-state index in [-0.39, 0.29) is 11.5 Å². The van der Waals surface area contributed by atoms with Crippen LogP contribution in [0.25, 0.3) is 0 Å². The van der Waals surface area contributed by atoms with E-state index in [0.29, 0.717) is 32.1 Å². The molecule has 30 heavy (non-hydrogen) atoms. The highest BCUT2D eigenvalue weighted by Gasteiger charge is 2.61. The average Bonchev–Trinajstić information content (AvgIpc) is 3.02. The first-order chi connectivity index (χ1) is 14.1. The van der Waals surface area contributed by atoms with Crippen LogP contribution in [0.3, 0.4) is 0 Å². The Bertz CT molecular complexity index is 1000. The summed E-state index contributed by atoms with van der Waals surface area (Å²) in [6, 6.07) is 5.95. The third kappa shape index (κ3) is 3.23. The van der Waals surface area contributed by atoms with Gasteiger partial charge in [0.2, 0.25) is 5.95 Å². The highest BCUT2D eigenvalue weighted by molar-refractivity contribution is 5.52. The van der Waals surface area contributed by atoms with Gasteiger partial charge in [0.1, 0.15) is 11.6 Å². The monoisotopic (exact) mass is 426 g/mol. The lowest BCUT2D eigenvalue weighted by atomic mass is 9.96. The molecule has 2 aliphatic heterocycles. The number of alkyl halides is 3. The first-order valence-electron chi connectivity index (χ1n) is 9.68. The molecule has 10 heteroatoms. The molecule has 1 aromatic carbocycles. The zero-order valence-electron chi connectivity index (χ0n) is 16.6. The normalized spacial score (nSPS) is 22.9. The Kier molecular flexibility index (Phi) is 5.00. The molecule has 0 saturated carbocycles. The van der Waals surface area contributed by atoms with E-state index in [0.717, 1.165) is 16.4 Å². The van der Waals surface area contributed by atoms with Crippen molar-refractivity contribution < 1.29 is 22.3 Å². The zero-order valence-corrected chi connectivity index (χ0v) is 16.6. The fourth-order valence-corrected chi connectivity index (χ4v) is 4.15. The molecule has 1 fully saturated rings. The molecule has 1 aromatic heterocycles. The summed E-state index contributed by atoms with van der Waals surface area (Å²) in [6.45, 7) is 3.74. The third-order valence-corrected chi connectivity index (χ3v) is 5.88. The quantitative estimate of drug-likeness (QED) is 0.706. The number of rotatable bonds is 3. The van der Waals surface area contributed by atoms with Crippen molar-refractivity contribution in [1.82, 2.24) is 9.55 Å². The van der Waals surface area contributed by atoms with Crippen LogP contribution < -0.4 is 15.4 Å². The molecular formula is C20H22F4N4O2. The van der Waals surface area contributed by atoms with E-state index in [1.807, 2.05) is 0 Å². The second-order valence-corrected chi connectivity index (χ2v) is 7.78. The minimum absolute atomic E-state index is 0.104. The van der Waals surface area contributed by atoms with E-state index in [1.54, 1.807) is 11.0 Å². The Balaban J connectivity index is 1.87. The van der Waals surface area contributed by atoms with Gasteiger partial charge >= 0.3 is 6.18 Å². The second kappa shape index (κ2) is 7.26. The summed E-state index contributed by atoms with van der Waals surface area (Å²) in [5, 5.41) is 0. The van der Waals surface area contributed by atoms with Gasteiger partial charge in [-0.25, -0.2) is 4.39 Å². The molecule has 1 saturated heterocycles. The Morgan fingerprint density at radius 3 is 2.50 bits per heavy atom.